The molecule has 1 aliphatic carbocycles. The molecule has 1 aromatic rings. The second kappa shape index (κ2) is 4.83. The van der Waals surface area contributed by atoms with Crippen LogP contribution < -0.4 is 5.32 Å². The van der Waals surface area contributed by atoms with Gasteiger partial charge in [-0.15, -0.1) is 0 Å². The predicted molar refractivity (Wildman–Crippen MR) is 65.9 cm³/mol. The standard InChI is InChI=1S/C14H21NO2/c1-2-12-5-6-13(17-12)14-10(7-8-16-14)9-15-11-3-4-11/h5-6,10-11,14-15H,2-4,7-9H2,1H3. The number of hydrogen-bond acceptors (Lipinski definition) is 3. The quantitative estimate of drug-likeness (QED) is 0.852. The van der Waals surface area contributed by atoms with Crippen LogP contribution in [0.4, 0.5) is 0 Å². The molecular weight excluding hydrogens is 214 g/mol. The third-order valence-corrected chi connectivity index (χ3v) is 3.77. The van der Waals surface area contributed by atoms with Gasteiger partial charge in [0.15, 0.2) is 0 Å². The third-order valence-electron chi connectivity index (χ3n) is 3.77. The average Bonchev–Trinajstić information content (AvgIpc) is 2.89. The van der Waals surface area contributed by atoms with Gasteiger partial charge in [-0.2, -0.15) is 0 Å². The van der Waals surface area contributed by atoms with E-state index >= 15 is 0 Å². The van der Waals surface area contributed by atoms with E-state index in [4.69, 9.17) is 9.15 Å². The van der Waals surface area contributed by atoms with Crippen molar-refractivity contribution < 1.29 is 9.15 Å². The van der Waals surface area contributed by atoms with Crippen LogP contribution in [0.15, 0.2) is 16.5 Å². The normalized spacial score (nSPS) is 28.8. The molecule has 3 rings (SSSR count). The summed E-state index contributed by atoms with van der Waals surface area (Å²) in [4.78, 5) is 0. The van der Waals surface area contributed by atoms with E-state index in [-0.39, 0.29) is 6.10 Å². The number of aryl methyl sites for hydroxylation is 1. The molecule has 0 bridgehead atoms. The Labute approximate surface area is 103 Å². The van der Waals surface area contributed by atoms with Gasteiger partial charge >= 0.3 is 0 Å². The molecule has 2 atom stereocenters. The molecule has 17 heavy (non-hydrogen) atoms. The lowest BCUT2D eigenvalue weighted by Gasteiger charge is -2.16. The molecule has 2 aliphatic rings. The minimum Gasteiger partial charge on any atom is -0.463 e. The maximum Gasteiger partial charge on any atom is 0.133 e. The third kappa shape index (κ3) is 2.55. The van der Waals surface area contributed by atoms with E-state index < -0.39 is 0 Å². The van der Waals surface area contributed by atoms with Crippen molar-refractivity contribution in [3.05, 3.63) is 23.7 Å². The summed E-state index contributed by atoms with van der Waals surface area (Å²) in [5, 5.41) is 3.60. The summed E-state index contributed by atoms with van der Waals surface area (Å²) in [6, 6.07) is 4.93. The Kier molecular flexibility index (Phi) is 3.21. The zero-order chi connectivity index (χ0) is 11.7. The van der Waals surface area contributed by atoms with Crippen LogP contribution in [0.25, 0.3) is 0 Å². The van der Waals surface area contributed by atoms with Gasteiger partial charge in [-0.3, -0.25) is 0 Å². The molecule has 2 fully saturated rings. The smallest absolute Gasteiger partial charge is 0.133 e. The molecule has 0 amide bonds. The van der Waals surface area contributed by atoms with E-state index in [1.54, 1.807) is 0 Å². The number of ether oxygens (including phenoxy) is 1. The molecular formula is C14H21NO2. The van der Waals surface area contributed by atoms with Gasteiger partial charge in [0.05, 0.1) is 0 Å². The van der Waals surface area contributed by atoms with Gasteiger partial charge in [0.2, 0.25) is 0 Å². The summed E-state index contributed by atoms with van der Waals surface area (Å²) < 4.78 is 11.6. The molecule has 0 aromatic carbocycles. The largest absolute Gasteiger partial charge is 0.463 e. The summed E-state index contributed by atoms with van der Waals surface area (Å²) in [7, 11) is 0. The molecule has 2 unspecified atom stereocenters. The molecule has 1 aromatic heterocycles. The number of nitrogens with one attached hydrogen (secondary N) is 1. The molecule has 2 heterocycles. The van der Waals surface area contributed by atoms with E-state index in [9.17, 15) is 0 Å². The summed E-state index contributed by atoms with van der Waals surface area (Å²) in [5.74, 6) is 2.65. The van der Waals surface area contributed by atoms with Gasteiger partial charge in [0.1, 0.15) is 17.6 Å². The molecule has 0 radical (unpaired) electrons. The van der Waals surface area contributed by atoms with Gasteiger partial charge in [-0.1, -0.05) is 6.92 Å². The summed E-state index contributed by atoms with van der Waals surface area (Å²) in [5.41, 5.74) is 0. The van der Waals surface area contributed by atoms with Gasteiger partial charge in [0, 0.05) is 31.5 Å². The Morgan fingerprint density at radius 1 is 1.29 bits per heavy atom. The van der Waals surface area contributed by atoms with Crippen molar-refractivity contribution in [1.29, 1.82) is 0 Å². The van der Waals surface area contributed by atoms with E-state index in [2.05, 4.69) is 24.4 Å². The fraction of sp³-hybridized carbons (Fsp3) is 0.714. The Hall–Kier alpha value is -0.800. The number of hydrogen-bond donors (Lipinski definition) is 1. The maximum atomic E-state index is 5.83. The zero-order valence-corrected chi connectivity index (χ0v) is 10.4. The predicted octanol–water partition coefficient (Wildman–Crippen LogP) is 2.67. The second-order valence-corrected chi connectivity index (χ2v) is 5.18. The molecule has 94 valence electrons. The molecule has 1 saturated heterocycles. The first-order chi connectivity index (χ1) is 8.36. The summed E-state index contributed by atoms with van der Waals surface area (Å²) in [6.07, 6.45) is 4.96. The van der Waals surface area contributed by atoms with Gasteiger partial charge in [-0.05, 0) is 31.4 Å². The van der Waals surface area contributed by atoms with Crippen LogP contribution in [0.2, 0.25) is 0 Å². The molecule has 1 N–H and O–H groups in total. The first-order valence-electron chi connectivity index (χ1n) is 6.80. The van der Waals surface area contributed by atoms with Crippen LogP contribution in [-0.4, -0.2) is 19.2 Å². The van der Waals surface area contributed by atoms with Crippen molar-refractivity contribution in [2.24, 2.45) is 5.92 Å². The molecule has 0 spiro atoms. The van der Waals surface area contributed by atoms with Crippen molar-refractivity contribution in [2.75, 3.05) is 13.2 Å². The maximum absolute atomic E-state index is 5.83. The van der Waals surface area contributed by atoms with Crippen LogP contribution in [0.5, 0.6) is 0 Å². The fourth-order valence-electron chi connectivity index (χ4n) is 2.50. The lowest BCUT2D eigenvalue weighted by Crippen LogP contribution is -2.26. The van der Waals surface area contributed by atoms with Gasteiger partial charge in [0.25, 0.3) is 0 Å². The Balaban J connectivity index is 1.63. The van der Waals surface area contributed by atoms with Crippen molar-refractivity contribution in [3.8, 4) is 0 Å². The molecule has 3 heteroatoms. The van der Waals surface area contributed by atoms with Crippen LogP contribution in [-0.2, 0) is 11.2 Å². The summed E-state index contributed by atoms with van der Waals surface area (Å²) in [6.45, 7) is 4.05. The zero-order valence-electron chi connectivity index (χ0n) is 10.4. The highest BCUT2D eigenvalue weighted by atomic mass is 16.5. The SMILES string of the molecule is CCc1ccc(C2OCCC2CNC2CC2)o1. The lowest BCUT2D eigenvalue weighted by molar-refractivity contribution is 0.0711. The van der Waals surface area contributed by atoms with Gasteiger partial charge < -0.3 is 14.5 Å². The fourth-order valence-corrected chi connectivity index (χ4v) is 2.50. The van der Waals surface area contributed by atoms with Crippen LogP contribution in [0, 0.1) is 5.92 Å². The minimum atomic E-state index is 0.168. The average molecular weight is 235 g/mol. The number of rotatable bonds is 5. The Morgan fingerprint density at radius 2 is 2.18 bits per heavy atom. The van der Waals surface area contributed by atoms with Gasteiger partial charge in [-0.25, -0.2) is 0 Å². The number of furan rings is 1. The van der Waals surface area contributed by atoms with E-state index in [1.165, 1.54) is 12.8 Å². The van der Waals surface area contributed by atoms with E-state index in [0.717, 1.165) is 43.6 Å². The van der Waals surface area contributed by atoms with Crippen molar-refractivity contribution in [3.63, 3.8) is 0 Å². The van der Waals surface area contributed by atoms with Crippen LogP contribution >= 0.6 is 0 Å². The first kappa shape index (κ1) is 11.3. The molecule has 1 aliphatic heterocycles. The second-order valence-electron chi connectivity index (χ2n) is 5.18. The highest BCUT2D eigenvalue weighted by Crippen LogP contribution is 2.35. The van der Waals surface area contributed by atoms with E-state index in [1.807, 2.05) is 0 Å². The van der Waals surface area contributed by atoms with E-state index in [0.29, 0.717) is 5.92 Å². The van der Waals surface area contributed by atoms with Crippen molar-refractivity contribution in [2.45, 2.75) is 44.8 Å². The summed E-state index contributed by atoms with van der Waals surface area (Å²) >= 11 is 0. The Bertz CT molecular complexity index is 370. The highest BCUT2D eigenvalue weighted by molar-refractivity contribution is 5.11. The van der Waals surface area contributed by atoms with Crippen LogP contribution in [0.1, 0.15) is 43.8 Å². The van der Waals surface area contributed by atoms with Crippen molar-refractivity contribution in [1.82, 2.24) is 5.32 Å². The lowest BCUT2D eigenvalue weighted by atomic mass is 10.00. The first-order valence-corrected chi connectivity index (χ1v) is 6.80. The van der Waals surface area contributed by atoms with Crippen molar-refractivity contribution >= 4 is 0 Å². The monoisotopic (exact) mass is 235 g/mol. The minimum absolute atomic E-state index is 0.168. The highest BCUT2D eigenvalue weighted by Gasteiger charge is 2.33. The molecule has 1 saturated carbocycles. The Morgan fingerprint density at radius 3 is 2.88 bits per heavy atom. The molecule has 3 nitrogen and oxygen atoms in total. The topological polar surface area (TPSA) is 34.4 Å². The van der Waals surface area contributed by atoms with Crippen LogP contribution in [0.3, 0.4) is 0 Å².